The van der Waals surface area contributed by atoms with Crippen molar-refractivity contribution in [3.8, 4) is 0 Å². The van der Waals surface area contributed by atoms with Gasteiger partial charge in [-0.2, -0.15) is 0 Å². The van der Waals surface area contributed by atoms with Crippen molar-refractivity contribution in [2.75, 3.05) is 26.2 Å². The maximum atomic E-state index is 12.7. The van der Waals surface area contributed by atoms with Gasteiger partial charge in [-0.15, -0.1) is 0 Å². The van der Waals surface area contributed by atoms with Crippen LogP contribution < -0.4 is 11.1 Å². The molecule has 4 rings (SSSR count). The largest absolute Gasteiger partial charge is 0.368 e. The monoisotopic (exact) mass is 348 g/mol. The van der Waals surface area contributed by atoms with Gasteiger partial charge in [0.15, 0.2) is 0 Å². The van der Waals surface area contributed by atoms with Crippen LogP contribution in [0.5, 0.6) is 0 Å². The standard InChI is InChI=1S/C21H24N4O/c22-20(26)21(25-13-11-23-12-14-25)9-2-1-8-18(21)15-17-6-3-5-16-7-4-10-24-19(16)17/h1-10,18,23H,11-15H2,(H2,22,26). The molecule has 1 aromatic carbocycles. The summed E-state index contributed by atoms with van der Waals surface area (Å²) in [4.78, 5) is 19.5. The molecule has 1 amide bonds. The van der Waals surface area contributed by atoms with E-state index >= 15 is 0 Å². The number of carbonyl (C=O) groups is 1. The fraction of sp³-hybridized carbons (Fsp3) is 0.333. The number of pyridine rings is 1. The summed E-state index contributed by atoms with van der Waals surface area (Å²) in [5.41, 5.74) is 7.35. The summed E-state index contributed by atoms with van der Waals surface area (Å²) in [5.74, 6) is -0.297. The van der Waals surface area contributed by atoms with Crippen LogP contribution in [-0.4, -0.2) is 47.5 Å². The second-order valence-electron chi connectivity index (χ2n) is 6.97. The van der Waals surface area contributed by atoms with Gasteiger partial charge in [-0.3, -0.25) is 14.7 Å². The Bertz CT molecular complexity index is 864. The fourth-order valence-corrected chi connectivity index (χ4v) is 4.26. The Morgan fingerprint density at radius 2 is 2.04 bits per heavy atom. The first-order chi connectivity index (χ1) is 12.7. The van der Waals surface area contributed by atoms with Crippen molar-refractivity contribution in [1.82, 2.24) is 15.2 Å². The third-order valence-corrected chi connectivity index (χ3v) is 5.56. The number of fused-ring (bicyclic) bond motifs is 1. The molecule has 134 valence electrons. The van der Waals surface area contributed by atoms with Gasteiger partial charge in [0.2, 0.25) is 5.91 Å². The molecule has 26 heavy (non-hydrogen) atoms. The minimum Gasteiger partial charge on any atom is -0.368 e. The van der Waals surface area contributed by atoms with Crippen molar-refractivity contribution in [3.05, 3.63) is 66.4 Å². The van der Waals surface area contributed by atoms with Crippen molar-refractivity contribution >= 4 is 16.8 Å². The molecule has 1 fully saturated rings. The number of allylic oxidation sites excluding steroid dienone is 2. The summed E-state index contributed by atoms with van der Waals surface area (Å²) in [6, 6.07) is 10.2. The molecule has 2 aliphatic rings. The van der Waals surface area contributed by atoms with Gasteiger partial charge >= 0.3 is 0 Å². The zero-order chi connectivity index (χ0) is 18.0. The second-order valence-corrected chi connectivity index (χ2v) is 6.97. The van der Waals surface area contributed by atoms with Crippen LogP contribution in [-0.2, 0) is 11.2 Å². The third kappa shape index (κ3) is 2.83. The lowest BCUT2D eigenvalue weighted by atomic mass is 9.74. The number of hydrogen-bond donors (Lipinski definition) is 2. The first kappa shape index (κ1) is 16.9. The number of benzene rings is 1. The first-order valence-electron chi connectivity index (χ1n) is 9.16. The van der Waals surface area contributed by atoms with Crippen LogP contribution >= 0.6 is 0 Å². The van der Waals surface area contributed by atoms with Gasteiger partial charge < -0.3 is 11.1 Å². The number of nitrogens with two attached hydrogens (primary N) is 1. The van der Waals surface area contributed by atoms with E-state index in [2.05, 4.69) is 45.5 Å². The number of amides is 1. The minimum absolute atomic E-state index is 0.0179. The van der Waals surface area contributed by atoms with E-state index in [-0.39, 0.29) is 11.8 Å². The lowest BCUT2D eigenvalue weighted by Crippen LogP contribution is -2.65. The molecule has 0 spiro atoms. The lowest BCUT2D eigenvalue weighted by Gasteiger charge is -2.46. The summed E-state index contributed by atoms with van der Waals surface area (Å²) in [6.45, 7) is 3.36. The van der Waals surface area contributed by atoms with Crippen LogP contribution in [0.2, 0.25) is 0 Å². The van der Waals surface area contributed by atoms with Gasteiger partial charge in [0.1, 0.15) is 5.54 Å². The Balaban J connectivity index is 1.74. The molecular weight excluding hydrogens is 324 g/mol. The quantitative estimate of drug-likeness (QED) is 0.881. The van der Waals surface area contributed by atoms with Crippen LogP contribution in [0.15, 0.2) is 60.8 Å². The average Bonchev–Trinajstić information content (AvgIpc) is 2.69. The van der Waals surface area contributed by atoms with E-state index < -0.39 is 5.54 Å². The highest BCUT2D eigenvalue weighted by Crippen LogP contribution is 2.35. The normalized spacial score (nSPS) is 26.2. The molecule has 2 atom stereocenters. The van der Waals surface area contributed by atoms with Crippen LogP contribution in [0.3, 0.4) is 0 Å². The Hall–Kier alpha value is -2.50. The van der Waals surface area contributed by atoms with E-state index in [1.165, 1.54) is 0 Å². The predicted octanol–water partition coefficient (Wildman–Crippen LogP) is 1.65. The molecule has 1 aliphatic carbocycles. The number of para-hydroxylation sites is 1. The highest BCUT2D eigenvalue weighted by molar-refractivity contribution is 5.89. The topological polar surface area (TPSA) is 71.2 Å². The zero-order valence-electron chi connectivity index (χ0n) is 14.8. The molecule has 0 radical (unpaired) electrons. The van der Waals surface area contributed by atoms with E-state index in [0.29, 0.717) is 0 Å². The molecule has 2 heterocycles. The van der Waals surface area contributed by atoms with Crippen LogP contribution in [0.25, 0.3) is 10.9 Å². The average molecular weight is 348 g/mol. The highest BCUT2D eigenvalue weighted by atomic mass is 16.1. The summed E-state index contributed by atoms with van der Waals surface area (Å²) >= 11 is 0. The molecule has 3 N–H and O–H groups in total. The maximum Gasteiger partial charge on any atom is 0.242 e. The number of piperazine rings is 1. The number of hydrogen-bond acceptors (Lipinski definition) is 4. The molecule has 1 aliphatic heterocycles. The molecule has 1 saturated heterocycles. The number of primary amides is 1. The van der Waals surface area contributed by atoms with Crippen molar-refractivity contribution < 1.29 is 4.79 Å². The summed E-state index contributed by atoms with van der Waals surface area (Å²) in [6.07, 6.45) is 10.6. The van der Waals surface area contributed by atoms with Gasteiger partial charge in [0.25, 0.3) is 0 Å². The summed E-state index contributed by atoms with van der Waals surface area (Å²) in [7, 11) is 0. The molecule has 2 aromatic rings. The van der Waals surface area contributed by atoms with E-state index in [4.69, 9.17) is 5.73 Å². The van der Waals surface area contributed by atoms with Crippen molar-refractivity contribution in [2.45, 2.75) is 12.0 Å². The van der Waals surface area contributed by atoms with Crippen molar-refractivity contribution in [1.29, 1.82) is 0 Å². The van der Waals surface area contributed by atoms with Gasteiger partial charge in [0, 0.05) is 43.7 Å². The number of carbonyl (C=O) groups excluding carboxylic acids is 1. The van der Waals surface area contributed by atoms with Gasteiger partial charge in [-0.1, -0.05) is 48.6 Å². The van der Waals surface area contributed by atoms with E-state index in [0.717, 1.165) is 49.1 Å². The van der Waals surface area contributed by atoms with Crippen molar-refractivity contribution in [3.63, 3.8) is 0 Å². The molecule has 5 nitrogen and oxygen atoms in total. The van der Waals surface area contributed by atoms with Gasteiger partial charge in [-0.05, 0) is 18.1 Å². The number of nitrogens with zero attached hydrogens (tertiary/aromatic N) is 2. The lowest BCUT2D eigenvalue weighted by molar-refractivity contribution is -0.130. The zero-order valence-corrected chi connectivity index (χ0v) is 14.8. The number of nitrogens with one attached hydrogen (secondary N) is 1. The third-order valence-electron chi connectivity index (χ3n) is 5.56. The maximum absolute atomic E-state index is 12.7. The molecule has 0 saturated carbocycles. The first-order valence-corrected chi connectivity index (χ1v) is 9.16. The number of rotatable bonds is 4. The van der Waals surface area contributed by atoms with E-state index in [1.807, 2.05) is 30.5 Å². The van der Waals surface area contributed by atoms with E-state index in [9.17, 15) is 4.79 Å². The fourth-order valence-electron chi connectivity index (χ4n) is 4.26. The van der Waals surface area contributed by atoms with Crippen LogP contribution in [0, 0.1) is 5.92 Å². The molecule has 0 bridgehead atoms. The molecule has 5 heteroatoms. The van der Waals surface area contributed by atoms with Gasteiger partial charge in [-0.25, -0.2) is 0 Å². The smallest absolute Gasteiger partial charge is 0.242 e. The van der Waals surface area contributed by atoms with Gasteiger partial charge in [0.05, 0.1) is 5.52 Å². The Morgan fingerprint density at radius 3 is 2.85 bits per heavy atom. The van der Waals surface area contributed by atoms with Crippen LogP contribution in [0.1, 0.15) is 5.56 Å². The summed E-state index contributed by atoms with van der Waals surface area (Å²) < 4.78 is 0. The Labute approximate surface area is 153 Å². The van der Waals surface area contributed by atoms with Crippen LogP contribution in [0.4, 0.5) is 0 Å². The minimum atomic E-state index is -0.784. The molecule has 2 unspecified atom stereocenters. The SMILES string of the molecule is NC(=O)C1(N2CCNCC2)C=CC=CC1Cc1cccc2cccnc12. The molecule has 1 aromatic heterocycles. The summed E-state index contributed by atoms with van der Waals surface area (Å²) in [5, 5.41) is 4.47. The Kier molecular flexibility index (Phi) is 4.57. The predicted molar refractivity (Wildman–Crippen MR) is 104 cm³/mol. The number of aromatic nitrogens is 1. The highest BCUT2D eigenvalue weighted by Gasteiger charge is 2.47. The van der Waals surface area contributed by atoms with Crippen molar-refractivity contribution in [2.24, 2.45) is 11.7 Å². The molecular formula is C21H24N4O. The van der Waals surface area contributed by atoms with E-state index in [1.54, 1.807) is 0 Å². The second kappa shape index (κ2) is 7.02. The Morgan fingerprint density at radius 1 is 1.23 bits per heavy atom.